The number of piperidine rings is 1. The number of benzene rings is 1. The fourth-order valence-electron chi connectivity index (χ4n) is 2.90. The van der Waals surface area contributed by atoms with Gasteiger partial charge < -0.3 is 20.5 Å². The van der Waals surface area contributed by atoms with E-state index in [1.165, 1.54) is 0 Å². The number of nitrogens with two attached hydrogens (primary N) is 1. The van der Waals surface area contributed by atoms with Crippen LogP contribution in [0.3, 0.4) is 0 Å². The third-order valence-electron chi connectivity index (χ3n) is 4.27. The summed E-state index contributed by atoms with van der Waals surface area (Å²) in [6, 6.07) is 10.3. The Morgan fingerprint density at radius 3 is 2.57 bits per heavy atom. The molecule has 1 fully saturated rings. The van der Waals surface area contributed by atoms with Gasteiger partial charge in [-0.1, -0.05) is 30.3 Å². The van der Waals surface area contributed by atoms with Crippen molar-refractivity contribution in [2.75, 3.05) is 26.2 Å². The van der Waals surface area contributed by atoms with Gasteiger partial charge in [0, 0.05) is 12.6 Å². The molecular formula is C17H28N2O2. The number of hydrogen-bond acceptors (Lipinski definition) is 4. The number of rotatable bonds is 7. The second-order valence-electron chi connectivity index (χ2n) is 6.15. The van der Waals surface area contributed by atoms with E-state index in [1.807, 2.05) is 30.3 Å². The number of ether oxygens (including phenoxy) is 1. The SMILES string of the molecule is CC(N)C1CCN(CC(O)COCc2ccccc2)CC1. The van der Waals surface area contributed by atoms with E-state index in [1.54, 1.807) is 0 Å². The Balaban J connectivity index is 1.61. The molecule has 2 rings (SSSR count). The molecule has 2 unspecified atom stereocenters. The van der Waals surface area contributed by atoms with Crippen molar-refractivity contribution in [1.82, 2.24) is 4.90 Å². The normalized spacial score (nSPS) is 20.3. The summed E-state index contributed by atoms with van der Waals surface area (Å²) in [4.78, 5) is 2.31. The molecule has 0 bridgehead atoms. The molecule has 0 saturated carbocycles. The van der Waals surface area contributed by atoms with Gasteiger partial charge in [-0.15, -0.1) is 0 Å². The number of likely N-dealkylation sites (tertiary alicyclic amines) is 1. The van der Waals surface area contributed by atoms with Gasteiger partial charge in [-0.2, -0.15) is 0 Å². The van der Waals surface area contributed by atoms with Gasteiger partial charge in [-0.05, 0) is 44.3 Å². The molecule has 2 atom stereocenters. The third kappa shape index (κ3) is 5.75. The Hall–Kier alpha value is -0.940. The summed E-state index contributed by atoms with van der Waals surface area (Å²) in [7, 11) is 0. The van der Waals surface area contributed by atoms with E-state index in [4.69, 9.17) is 10.5 Å². The van der Waals surface area contributed by atoms with Crippen molar-refractivity contribution in [3.63, 3.8) is 0 Å². The highest BCUT2D eigenvalue weighted by Gasteiger charge is 2.23. The van der Waals surface area contributed by atoms with Crippen LogP contribution >= 0.6 is 0 Å². The lowest BCUT2D eigenvalue weighted by Crippen LogP contribution is -2.43. The molecule has 1 heterocycles. The first kappa shape index (κ1) is 16.4. The lowest BCUT2D eigenvalue weighted by atomic mass is 9.91. The minimum atomic E-state index is -0.416. The Kier molecular flexibility index (Phi) is 6.64. The number of nitrogens with zero attached hydrogens (tertiary/aromatic N) is 1. The summed E-state index contributed by atoms with van der Waals surface area (Å²) in [5.74, 6) is 0.632. The Labute approximate surface area is 127 Å². The zero-order valence-electron chi connectivity index (χ0n) is 12.9. The van der Waals surface area contributed by atoms with E-state index >= 15 is 0 Å². The van der Waals surface area contributed by atoms with Gasteiger partial charge in [0.2, 0.25) is 0 Å². The summed E-state index contributed by atoms with van der Waals surface area (Å²) < 4.78 is 5.59. The van der Waals surface area contributed by atoms with E-state index in [0.717, 1.165) is 31.5 Å². The van der Waals surface area contributed by atoms with Gasteiger partial charge in [0.25, 0.3) is 0 Å². The molecule has 4 nitrogen and oxygen atoms in total. The minimum absolute atomic E-state index is 0.284. The highest BCUT2D eigenvalue weighted by molar-refractivity contribution is 5.13. The van der Waals surface area contributed by atoms with Crippen LogP contribution in [-0.2, 0) is 11.3 Å². The molecule has 4 heteroatoms. The van der Waals surface area contributed by atoms with Crippen LogP contribution in [-0.4, -0.2) is 48.4 Å². The van der Waals surface area contributed by atoms with Crippen LogP contribution in [0.5, 0.6) is 0 Å². The molecule has 1 aromatic carbocycles. The number of aliphatic hydroxyl groups is 1. The fourth-order valence-corrected chi connectivity index (χ4v) is 2.90. The predicted octanol–water partition coefficient (Wildman–Crippen LogP) is 1.62. The smallest absolute Gasteiger partial charge is 0.0900 e. The van der Waals surface area contributed by atoms with Gasteiger partial charge in [0.05, 0.1) is 19.3 Å². The average molecular weight is 292 g/mol. The monoisotopic (exact) mass is 292 g/mol. The first-order valence-corrected chi connectivity index (χ1v) is 7.93. The van der Waals surface area contributed by atoms with Crippen molar-refractivity contribution in [1.29, 1.82) is 0 Å². The van der Waals surface area contributed by atoms with Gasteiger partial charge in [-0.25, -0.2) is 0 Å². The zero-order chi connectivity index (χ0) is 15.1. The first-order chi connectivity index (χ1) is 10.1. The van der Waals surface area contributed by atoms with Crippen molar-refractivity contribution in [2.45, 2.75) is 38.5 Å². The van der Waals surface area contributed by atoms with Crippen LogP contribution in [0.1, 0.15) is 25.3 Å². The maximum Gasteiger partial charge on any atom is 0.0900 e. The molecule has 1 aliphatic heterocycles. The van der Waals surface area contributed by atoms with E-state index in [-0.39, 0.29) is 6.04 Å². The number of aliphatic hydroxyl groups excluding tert-OH is 1. The molecule has 0 spiro atoms. The first-order valence-electron chi connectivity index (χ1n) is 7.93. The van der Waals surface area contributed by atoms with Gasteiger partial charge in [0.15, 0.2) is 0 Å². The molecule has 118 valence electrons. The topological polar surface area (TPSA) is 58.7 Å². The van der Waals surface area contributed by atoms with Crippen molar-refractivity contribution in [2.24, 2.45) is 11.7 Å². The van der Waals surface area contributed by atoms with Gasteiger partial charge >= 0.3 is 0 Å². The average Bonchev–Trinajstić information content (AvgIpc) is 2.49. The summed E-state index contributed by atoms with van der Waals surface area (Å²) in [5.41, 5.74) is 7.09. The predicted molar refractivity (Wildman–Crippen MR) is 84.9 cm³/mol. The van der Waals surface area contributed by atoms with E-state index in [2.05, 4.69) is 11.8 Å². The summed E-state index contributed by atoms with van der Waals surface area (Å²) in [6.45, 7) is 5.80. The van der Waals surface area contributed by atoms with Crippen molar-refractivity contribution in [3.05, 3.63) is 35.9 Å². The van der Waals surface area contributed by atoms with Crippen LogP contribution in [0.25, 0.3) is 0 Å². The molecule has 0 radical (unpaired) electrons. The van der Waals surface area contributed by atoms with Crippen LogP contribution < -0.4 is 5.73 Å². The van der Waals surface area contributed by atoms with Crippen LogP contribution in [0, 0.1) is 5.92 Å². The summed E-state index contributed by atoms with van der Waals surface area (Å²) in [5, 5.41) is 10.1. The van der Waals surface area contributed by atoms with Gasteiger partial charge in [0.1, 0.15) is 0 Å². The molecule has 0 aliphatic carbocycles. The Bertz CT molecular complexity index is 389. The van der Waals surface area contributed by atoms with Crippen molar-refractivity contribution >= 4 is 0 Å². The highest BCUT2D eigenvalue weighted by atomic mass is 16.5. The maximum atomic E-state index is 10.1. The number of hydrogen-bond donors (Lipinski definition) is 2. The third-order valence-corrected chi connectivity index (χ3v) is 4.27. The summed E-state index contributed by atoms with van der Waals surface area (Å²) in [6.07, 6.45) is 1.85. The van der Waals surface area contributed by atoms with Crippen molar-refractivity contribution < 1.29 is 9.84 Å². The zero-order valence-corrected chi connectivity index (χ0v) is 12.9. The van der Waals surface area contributed by atoms with Crippen LogP contribution in [0.2, 0.25) is 0 Å². The highest BCUT2D eigenvalue weighted by Crippen LogP contribution is 2.19. The fraction of sp³-hybridized carbons (Fsp3) is 0.647. The van der Waals surface area contributed by atoms with Crippen LogP contribution in [0.15, 0.2) is 30.3 Å². The lowest BCUT2D eigenvalue weighted by Gasteiger charge is -2.34. The van der Waals surface area contributed by atoms with E-state index in [9.17, 15) is 5.11 Å². The molecular weight excluding hydrogens is 264 g/mol. The van der Waals surface area contributed by atoms with Crippen LogP contribution in [0.4, 0.5) is 0 Å². The number of β-amino-alcohol motifs (C(OH)–C–C–N with tert-alkyl or cyclic N) is 1. The largest absolute Gasteiger partial charge is 0.389 e. The quantitative estimate of drug-likeness (QED) is 0.802. The van der Waals surface area contributed by atoms with E-state index < -0.39 is 6.10 Å². The molecule has 1 aliphatic rings. The second-order valence-corrected chi connectivity index (χ2v) is 6.15. The second kappa shape index (κ2) is 8.49. The molecule has 1 aromatic rings. The summed E-state index contributed by atoms with van der Waals surface area (Å²) >= 11 is 0. The molecule has 21 heavy (non-hydrogen) atoms. The Morgan fingerprint density at radius 2 is 1.95 bits per heavy atom. The lowest BCUT2D eigenvalue weighted by molar-refractivity contribution is 0.00395. The van der Waals surface area contributed by atoms with Crippen molar-refractivity contribution in [3.8, 4) is 0 Å². The van der Waals surface area contributed by atoms with Gasteiger partial charge in [-0.3, -0.25) is 0 Å². The molecule has 3 N–H and O–H groups in total. The molecule has 0 amide bonds. The standard InChI is InChI=1S/C17H28N2O2/c1-14(18)16-7-9-19(10-8-16)11-17(20)13-21-12-15-5-3-2-4-6-15/h2-6,14,16-17,20H,7-13,18H2,1H3. The van der Waals surface area contributed by atoms with E-state index in [0.29, 0.717) is 25.7 Å². The molecule has 0 aromatic heterocycles. The molecule has 1 saturated heterocycles. The minimum Gasteiger partial charge on any atom is -0.389 e. The Morgan fingerprint density at radius 1 is 1.29 bits per heavy atom. The maximum absolute atomic E-state index is 10.1.